The van der Waals surface area contributed by atoms with Gasteiger partial charge in [-0.3, -0.25) is 5.32 Å². The molecule has 0 aliphatic heterocycles. The van der Waals surface area contributed by atoms with E-state index in [2.05, 4.69) is 10.3 Å². The van der Waals surface area contributed by atoms with E-state index in [1.54, 1.807) is 35.2 Å². The topological polar surface area (TPSA) is 51.2 Å². The summed E-state index contributed by atoms with van der Waals surface area (Å²) in [5.74, 6) is 0.513. The van der Waals surface area contributed by atoms with Gasteiger partial charge in [0.15, 0.2) is 4.34 Å². The number of benzene rings is 2. The van der Waals surface area contributed by atoms with E-state index in [-0.39, 0.29) is 0 Å². The molecule has 0 fully saturated rings. The molecule has 6 heteroatoms. The van der Waals surface area contributed by atoms with Crippen molar-refractivity contribution in [2.45, 2.75) is 4.34 Å². The highest BCUT2D eigenvalue weighted by atomic mass is 32.2. The van der Waals surface area contributed by atoms with E-state index in [1.807, 2.05) is 42.7 Å². The molecule has 0 bridgehead atoms. The zero-order chi connectivity index (χ0) is 14.7. The highest BCUT2D eigenvalue weighted by molar-refractivity contribution is 8.00. The fourth-order valence-electron chi connectivity index (χ4n) is 1.81. The van der Waals surface area contributed by atoms with E-state index in [9.17, 15) is 4.79 Å². The van der Waals surface area contributed by atoms with Gasteiger partial charge in [-0.2, -0.15) is 0 Å². The van der Waals surface area contributed by atoms with Crippen LogP contribution in [0.2, 0.25) is 0 Å². The molecule has 0 aliphatic rings. The third kappa shape index (κ3) is 3.34. The van der Waals surface area contributed by atoms with Gasteiger partial charge in [0, 0.05) is 5.69 Å². The zero-order valence-electron chi connectivity index (χ0n) is 11.2. The largest absolute Gasteiger partial charge is 0.417 e. The lowest BCUT2D eigenvalue weighted by atomic mass is 10.3. The summed E-state index contributed by atoms with van der Waals surface area (Å²) < 4.78 is 7.24. The number of thioether (sulfide) groups is 1. The number of nitrogens with zero attached hydrogens (tertiary/aromatic N) is 1. The molecule has 1 amide bonds. The van der Waals surface area contributed by atoms with E-state index >= 15 is 0 Å². The molecule has 0 atom stereocenters. The Morgan fingerprint density at radius 2 is 2.05 bits per heavy atom. The van der Waals surface area contributed by atoms with Gasteiger partial charge in [-0.25, -0.2) is 9.78 Å². The Kier molecular flexibility index (Phi) is 4.08. The number of carbonyl (C=O) groups excluding carboxylic acids is 1. The first-order chi connectivity index (χ1) is 10.2. The molecule has 0 spiro atoms. The Balaban J connectivity index is 1.73. The molecule has 2 aromatic carbocycles. The number of thiazole rings is 1. The number of amides is 1. The van der Waals surface area contributed by atoms with Gasteiger partial charge in [-0.05, 0) is 36.6 Å². The summed E-state index contributed by atoms with van der Waals surface area (Å²) in [7, 11) is 0. The van der Waals surface area contributed by atoms with Crippen LogP contribution in [0.4, 0.5) is 10.5 Å². The predicted octanol–water partition coefficient (Wildman–Crippen LogP) is 4.63. The average Bonchev–Trinajstić information content (AvgIpc) is 2.90. The van der Waals surface area contributed by atoms with Crippen LogP contribution < -0.4 is 10.1 Å². The highest BCUT2D eigenvalue weighted by Crippen LogP contribution is 2.30. The molecule has 1 aromatic heterocycles. The number of hydrogen-bond donors (Lipinski definition) is 1. The third-order valence-corrected chi connectivity index (χ3v) is 4.75. The standard InChI is InChI=1S/C15H12N2O2S2/c1-20-15-17-12-8-7-10(9-13(12)21-15)16-14(18)19-11-5-3-2-4-6-11/h2-9H,1H3,(H,16,18). The van der Waals surface area contributed by atoms with Crippen LogP contribution in [0.1, 0.15) is 0 Å². The second kappa shape index (κ2) is 6.15. The minimum absolute atomic E-state index is 0.504. The zero-order valence-corrected chi connectivity index (χ0v) is 12.8. The molecule has 106 valence electrons. The first-order valence-electron chi connectivity index (χ1n) is 6.23. The predicted molar refractivity (Wildman–Crippen MR) is 87.5 cm³/mol. The minimum atomic E-state index is -0.504. The molecule has 0 saturated heterocycles. The number of aromatic nitrogens is 1. The average molecular weight is 316 g/mol. The van der Waals surface area contributed by atoms with Crippen molar-refractivity contribution in [3.8, 4) is 5.75 Å². The summed E-state index contributed by atoms with van der Waals surface area (Å²) in [5.41, 5.74) is 1.63. The molecular formula is C15H12N2O2S2. The van der Waals surface area contributed by atoms with E-state index < -0.39 is 6.09 Å². The maximum atomic E-state index is 11.8. The lowest BCUT2D eigenvalue weighted by Crippen LogP contribution is -2.16. The first kappa shape index (κ1) is 13.9. The Hall–Kier alpha value is -2.05. The Morgan fingerprint density at radius 1 is 1.24 bits per heavy atom. The SMILES string of the molecule is CSc1nc2ccc(NC(=O)Oc3ccccc3)cc2s1. The minimum Gasteiger partial charge on any atom is -0.410 e. The number of para-hydroxylation sites is 1. The molecule has 4 nitrogen and oxygen atoms in total. The van der Waals surface area contributed by atoms with E-state index in [0.29, 0.717) is 11.4 Å². The summed E-state index contributed by atoms with van der Waals surface area (Å²) in [6.45, 7) is 0. The highest BCUT2D eigenvalue weighted by Gasteiger charge is 2.07. The quantitative estimate of drug-likeness (QED) is 0.716. The molecule has 1 heterocycles. The monoisotopic (exact) mass is 316 g/mol. The van der Waals surface area contributed by atoms with Crippen molar-refractivity contribution in [1.29, 1.82) is 0 Å². The van der Waals surface area contributed by atoms with Crippen molar-refractivity contribution in [3.05, 3.63) is 48.5 Å². The van der Waals surface area contributed by atoms with Crippen molar-refractivity contribution in [3.63, 3.8) is 0 Å². The summed E-state index contributed by atoms with van der Waals surface area (Å²) in [6, 6.07) is 14.6. The van der Waals surface area contributed by atoms with Crippen LogP contribution >= 0.6 is 23.1 Å². The lowest BCUT2D eigenvalue weighted by molar-refractivity contribution is 0.215. The van der Waals surface area contributed by atoms with Crippen LogP contribution in [0.5, 0.6) is 5.75 Å². The molecule has 0 aliphatic carbocycles. The fourth-order valence-corrected chi connectivity index (χ4v) is 3.34. The van der Waals surface area contributed by atoms with Gasteiger partial charge in [0.2, 0.25) is 0 Å². The van der Waals surface area contributed by atoms with Crippen LogP contribution in [0.15, 0.2) is 52.9 Å². The van der Waals surface area contributed by atoms with Crippen molar-refractivity contribution in [2.75, 3.05) is 11.6 Å². The fraction of sp³-hybridized carbons (Fsp3) is 0.0667. The van der Waals surface area contributed by atoms with Crippen LogP contribution in [0, 0.1) is 0 Å². The first-order valence-corrected chi connectivity index (χ1v) is 8.27. The van der Waals surface area contributed by atoms with Crippen molar-refractivity contribution >= 4 is 45.1 Å². The molecular weight excluding hydrogens is 304 g/mol. The normalized spacial score (nSPS) is 10.5. The molecule has 21 heavy (non-hydrogen) atoms. The maximum Gasteiger partial charge on any atom is 0.417 e. The number of nitrogens with one attached hydrogen (secondary N) is 1. The number of rotatable bonds is 3. The lowest BCUT2D eigenvalue weighted by Gasteiger charge is -2.06. The molecule has 1 N–H and O–H groups in total. The molecule has 3 rings (SSSR count). The van der Waals surface area contributed by atoms with Crippen LogP contribution in [-0.2, 0) is 0 Å². The Bertz CT molecular complexity index is 772. The van der Waals surface area contributed by atoms with Crippen LogP contribution in [0.3, 0.4) is 0 Å². The second-order valence-corrected chi connectivity index (χ2v) is 6.28. The van der Waals surface area contributed by atoms with Crippen molar-refractivity contribution in [2.24, 2.45) is 0 Å². The summed E-state index contributed by atoms with van der Waals surface area (Å²) in [5, 5.41) is 2.72. The van der Waals surface area contributed by atoms with Gasteiger partial charge in [0.05, 0.1) is 10.2 Å². The maximum absolute atomic E-state index is 11.8. The van der Waals surface area contributed by atoms with E-state index in [4.69, 9.17) is 4.74 Å². The number of carbonyl (C=O) groups is 1. The number of ether oxygens (including phenoxy) is 1. The van der Waals surface area contributed by atoms with Gasteiger partial charge >= 0.3 is 6.09 Å². The van der Waals surface area contributed by atoms with Gasteiger partial charge in [0.25, 0.3) is 0 Å². The summed E-state index contributed by atoms with van der Waals surface area (Å²) >= 11 is 3.21. The summed E-state index contributed by atoms with van der Waals surface area (Å²) in [6.07, 6.45) is 1.49. The molecule has 3 aromatic rings. The Morgan fingerprint density at radius 3 is 2.81 bits per heavy atom. The van der Waals surface area contributed by atoms with Gasteiger partial charge < -0.3 is 4.74 Å². The molecule has 0 radical (unpaired) electrons. The van der Waals surface area contributed by atoms with Crippen LogP contribution in [-0.4, -0.2) is 17.3 Å². The second-order valence-electron chi connectivity index (χ2n) is 4.19. The molecule has 0 saturated carbocycles. The van der Waals surface area contributed by atoms with E-state index in [0.717, 1.165) is 14.6 Å². The third-order valence-electron chi connectivity index (χ3n) is 2.74. The number of anilines is 1. The number of hydrogen-bond acceptors (Lipinski definition) is 5. The van der Waals surface area contributed by atoms with Crippen molar-refractivity contribution < 1.29 is 9.53 Å². The summed E-state index contributed by atoms with van der Waals surface area (Å²) in [4.78, 5) is 16.3. The van der Waals surface area contributed by atoms with Crippen molar-refractivity contribution in [1.82, 2.24) is 4.98 Å². The smallest absolute Gasteiger partial charge is 0.410 e. The van der Waals surface area contributed by atoms with E-state index in [1.165, 1.54) is 0 Å². The van der Waals surface area contributed by atoms with Gasteiger partial charge in [-0.1, -0.05) is 30.0 Å². The van der Waals surface area contributed by atoms with Gasteiger partial charge in [-0.15, -0.1) is 11.3 Å². The molecule has 0 unspecified atom stereocenters. The number of fused-ring (bicyclic) bond motifs is 1. The van der Waals surface area contributed by atoms with Gasteiger partial charge in [0.1, 0.15) is 5.75 Å². The Labute approximate surface area is 130 Å². The van der Waals surface area contributed by atoms with Crippen LogP contribution in [0.25, 0.3) is 10.2 Å².